The molecule has 148 valence electrons. The molecular weight excluding hydrogens is 376 g/mol. The van der Waals surface area contributed by atoms with Crippen LogP contribution in [0, 0.1) is 11.8 Å². The fourth-order valence-electron chi connectivity index (χ4n) is 3.12. The van der Waals surface area contributed by atoms with E-state index in [1.807, 2.05) is 35.9 Å². The number of benzene rings is 1. The Balaban J connectivity index is 1.95. The summed E-state index contributed by atoms with van der Waals surface area (Å²) in [5.41, 5.74) is 3.83. The second-order valence-electron chi connectivity index (χ2n) is 7.40. The van der Waals surface area contributed by atoms with Gasteiger partial charge in [0.2, 0.25) is 0 Å². The number of imidazole rings is 1. The van der Waals surface area contributed by atoms with Crippen LogP contribution in [0.15, 0.2) is 36.7 Å². The Morgan fingerprint density at radius 2 is 2.04 bits per heavy atom. The van der Waals surface area contributed by atoms with E-state index in [0.29, 0.717) is 34.4 Å². The number of halogens is 1. The summed E-state index contributed by atoms with van der Waals surface area (Å²) in [6, 6.07) is 7.34. The van der Waals surface area contributed by atoms with Gasteiger partial charge < -0.3 is 14.2 Å². The van der Waals surface area contributed by atoms with Gasteiger partial charge in [0, 0.05) is 30.3 Å². The van der Waals surface area contributed by atoms with Crippen LogP contribution >= 0.6 is 11.6 Å². The third-order valence-electron chi connectivity index (χ3n) is 5.23. The summed E-state index contributed by atoms with van der Waals surface area (Å²) in [5.74, 6) is 1.10. The fourth-order valence-corrected chi connectivity index (χ4v) is 3.36. The SMILES string of the molecule is COc1cc(CO)c(-c2cn3ccc(CC(=O)[C@@H](C)C(C)C)cc3n2)cc1Cl. The van der Waals surface area contributed by atoms with Crippen LogP contribution in [0.1, 0.15) is 31.9 Å². The predicted octanol–water partition coefficient (Wildman–Crippen LogP) is 4.56. The van der Waals surface area contributed by atoms with Crippen LogP contribution in [0.25, 0.3) is 16.9 Å². The van der Waals surface area contributed by atoms with E-state index in [1.54, 1.807) is 12.1 Å². The highest BCUT2D eigenvalue weighted by atomic mass is 35.5. The Kier molecular flexibility index (Phi) is 6.06. The van der Waals surface area contributed by atoms with Crippen molar-refractivity contribution in [2.45, 2.75) is 33.8 Å². The van der Waals surface area contributed by atoms with Gasteiger partial charge in [0.05, 0.1) is 24.4 Å². The molecule has 0 saturated carbocycles. The molecule has 0 spiro atoms. The second-order valence-corrected chi connectivity index (χ2v) is 7.81. The molecule has 1 N–H and O–H groups in total. The van der Waals surface area contributed by atoms with Crippen molar-refractivity contribution >= 4 is 23.0 Å². The molecule has 28 heavy (non-hydrogen) atoms. The molecule has 5 nitrogen and oxygen atoms in total. The quantitative estimate of drug-likeness (QED) is 0.631. The predicted molar refractivity (Wildman–Crippen MR) is 111 cm³/mol. The van der Waals surface area contributed by atoms with Gasteiger partial charge in [-0.2, -0.15) is 0 Å². The maximum absolute atomic E-state index is 12.4. The van der Waals surface area contributed by atoms with Gasteiger partial charge in [0.25, 0.3) is 0 Å². The van der Waals surface area contributed by atoms with E-state index >= 15 is 0 Å². The van der Waals surface area contributed by atoms with Gasteiger partial charge in [-0.15, -0.1) is 0 Å². The molecule has 2 heterocycles. The van der Waals surface area contributed by atoms with Crippen molar-refractivity contribution in [1.82, 2.24) is 9.38 Å². The van der Waals surface area contributed by atoms with Crippen molar-refractivity contribution in [2.75, 3.05) is 7.11 Å². The molecule has 0 aliphatic rings. The highest BCUT2D eigenvalue weighted by Gasteiger charge is 2.18. The van der Waals surface area contributed by atoms with E-state index in [2.05, 4.69) is 18.8 Å². The summed E-state index contributed by atoms with van der Waals surface area (Å²) >= 11 is 6.27. The molecule has 1 atom stereocenters. The van der Waals surface area contributed by atoms with Gasteiger partial charge in [-0.25, -0.2) is 4.98 Å². The number of rotatable bonds is 7. The minimum Gasteiger partial charge on any atom is -0.495 e. The van der Waals surface area contributed by atoms with Gasteiger partial charge in [-0.1, -0.05) is 32.4 Å². The summed E-state index contributed by atoms with van der Waals surface area (Å²) in [6.07, 6.45) is 4.18. The van der Waals surface area contributed by atoms with E-state index in [-0.39, 0.29) is 18.3 Å². The van der Waals surface area contributed by atoms with Crippen molar-refractivity contribution in [3.8, 4) is 17.0 Å². The topological polar surface area (TPSA) is 63.8 Å². The number of methoxy groups -OCH3 is 1. The average Bonchev–Trinajstić information content (AvgIpc) is 3.10. The van der Waals surface area contributed by atoms with Crippen LogP contribution in [0.2, 0.25) is 5.02 Å². The number of Topliss-reactive ketones (excluding diaryl/α,β-unsaturated/α-hetero) is 1. The van der Waals surface area contributed by atoms with Crippen LogP contribution in [-0.4, -0.2) is 27.4 Å². The molecule has 0 unspecified atom stereocenters. The Morgan fingerprint density at radius 3 is 2.68 bits per heavy atom. The van der Waals surface area contributed by atoms with Gasteiger partial charge in [0.15, 0.2) is 0 Å². The standard InChI is InChI=1S/C22H25ClN2O3/c1-13(2)14(3)20(27)7-15-5-6-25-11-19(24-22(25)8-15)17-10-18(23)21(28-4)9-16(17)12-26/h5-6,8-11,13-14,26H,7,12H2,1-4H3/t14-/m0/s1. The minimum atomic E-state index is -0.149. The fraction of sp³-hybridized carbons (Fsp3) is 0.364. The Hall–Kier alpha value is -2.37. The number of hydrogen-bond acceptors (Lipinski definition) is 4. The highest BCUT2D eigenvalue weighted by Crippen LogP contribution is 2.33. The number of ketones is 1. The van der Waals surface area contributed by atoms with Gasteiger partial charge in [0.1, 0.15) is 17.2 Å². The number of fused-ring (bicyclic) bond motifs is 1. The number of ether oxygens (including phenoxy) is 1. The molecule has 0 fully saturated rings. The van der Waals surface area contributed by atoms with E-state index < -0.39 is 0 Å². The number of carbonyl (C=O) groups is 1. The van der Waals surface area contributed by atoms with Crippen molar-refractivity contribution in [2.24, 2.45) is 11.8 Å². The molecule has 0 aliphatic carbocycles. The van der Waals surface area contributed by atoms with Crippen molar-refractivity contribution < 1.29 is 14.6 Å². The molecule has 0 saturated heterocycles. The first-order valence-electron chi connectivity index (χ1n) is 9.32. The summed E-state index contributed by atoms with van der Waals surface area (Å²) in [6.45, 7) is 5.95. The normalized spacial score (nSPS) is 12.5. The number of aromatic nitrogens is 2. The van der Waals surface area contributed by atoms with Crippen LogP contribution in [0.3, 0.4) is 0 Å². The Bertz CT molecular complexity index is 1010. The maximum atomic E-state index is 12.4. The van der Waals surface area contributed by atoms with Crippen LogP contribution in [0.4, 0.5) is 0 Å². The van der Waals surface area contributed by atoms with Crippen molar-refractivity contribution in [3.63, 3.8) is 0 Å². The lowest BCUT2D eigenvalue weighted by molar-refractivity contribution is -0.122. The Morgan fingerprint density at radius 1 is 1.29 bits per heavy atom. The zero-order valence-corrected chi connectivity index (χ0v) is 17.3. The molecule has 2 aromatic heterocycles. The molecular formula is C22H25ClN2O3. The summed E-state index contributed by atoms with van der Waals surface area (Å²) in [5, 5.41) is 10.2. The van der Waals surface area contributed by atoms with Crippen LogP contribution in [-0.2, 0) is 17.8 Å². The molecule has 0 amide bonds. The minimum absolute atomic E-state index is 0.0279. The van der Waals surface area contributed by atoms with Crippen LogP contribution in [0.5, 0.6) is 5.75 Å². The van der Waals surface area contributed by atoms with E-state index in [1.165, 1.54) is 7.11 Å². The largest absolute Gasteiger partial charge is 0.495 e. The molecule has 0 radical (unpaired) electrons. The molecule has 6 heteroatoms. The number of aliphatic hydroxyl groups excluding tert-OH is 1. The first kappa shape index (κ1) is 20.4. The first-order chi connectivity index (χ1) is 13.3. The number of aliphatic hydroxyl groups is 1. The Labute approximate surface area is 169 Å². The lowest BCUT2D eigenvalue weighted by Gasteiger charge is -2.13. The van der Waals surface area contributed by atoms with Gasteiger partial charge >= 0.3 is 0 Å². The lowest BCUT2D eigenvalue weighted by Crippen LogP contribution is -2.18. The molecule has 1 aromatic carbocycles. The van der Waals surface area contributed by atoms with Crippen molar-refractivity contribution in [3.05, 3.63) is 52.8 Å². The second kappa shape index (κ2) is 8.33. The first-order valence-corrected chi connectivity index (χ1v) is 9.69. The smallest absolute Gasteiger partial charge is 0.140 e. The highest BCUT2D eigenvalue weighted by molar-refractivity contribution is 6.32. The molecule has 3 rings (SSSR count). The maximum Gasteiger partial charge on any atom is 0.140 e. The van der Waals surface area contributed by atoms with Crippen molar-refractivity contribution in [1.29, 1.82) is 0 Å². The van der Waals surface area contributed by atoms with E-state index in [4.69, 9.17) is 16.3 Å². The zero-order chi connectivity index (χ0) is 20.4. The zero-order valence-electron chi connectivity index (χ0n) is 16.6. The lowest BCUT2D eigenvalue weighted by atomic mass is 9.90. The molecule has 0 bridgehead atoms. The van der Waals surface area contributed by atoms with Crippen LogP contribution < -0.4 is 4.74 Å². The third kappa shape index (κ3) is 4.05. The summed E-state index contributed by atoms with van der Waals surface area (Å²) in [4.78, 5) is 17.1. The number of pyridine rings is 1. The average molecular weight is 401 g/mol. The number of nitrogens with zero attached hydrogens (tertiary/aromatic N) is 2. The molecule has 0 aliphatic heterocycles. The number of hydrogen-bond donors (Lipinski definition) is 1. The van der Waals surface area contributed by atoms with Gasteiger partial charge in [-0.05, 0) is 41.3 Å². The summed E-state index contributed by atoms with van der Waals surface area (Å²) in [7, 11) is 1.54. The van der Waals surface area contributed by atoms with E-state index in [9.17, 15) is 9.90 Å². The van der Waals surface area contributed by atoms with Gasteiger partial charge in [-0.3, -0.25) is 4.79 Å². The third-order valence-corrected chi connectivity index (χ3v) is 5.53. The molecule has 3 aromatic rings. The summed E-state index contributed by atoms with van der Waals surface area (Å²) < 4.78 is 7.12. The number of carbonyl (C=O) groups excluding carboxylic acids is 1. The van der Waals surface area contributed by atoms with E-state index in [0.717, 1.165) is 16.8 Å². The monoisotopic (exact) mass is 400 g/mol.